The van der Waals surface area contributed by atoms with Gasteiger partial charge in [0.25, 0.3) is 0 Å². The molecule has 0 N–H and O–H groups in total. The molecule has 0 saturated heterocycles. The molecule has 0 radical (unpaired) electrons. The van der Waals surface area contributed by atoms with E-state index in [4.69, 9.17) is 11.0 Å². The van der Waals surface area contributed by atoms with E-state index in [-0.39, 0.29) is 0 Å². The van der Waals surface area contributed by atoms with Crippen LogP contribution >= 0.6 is 0 Å². The molecule has 1 fully saturated rings. The lowest BCUT2D eigenvalue weighted by Crippen LogP contribution is -2.30. The SMILES string of the molecule is [C-]#[N+]c1cc2c(oc3c(-c4cccc[n+]4C)c(C)ccc32)c(C2CCCCC2)c1C. The zero-order valence-corrected chi connectivity index (χ0v) is 18.0. The van der Waals surface area contributed by atoms with Crippen molar-refractivity contribution < 1.29 is 8.98 Å². The molecule has 0 amide bonds. The summed E-state index contributed by atoms with van der Waals surface area (Å²) in [4.78, 5) is 3.88. The molecule has 3 nitrogen and oxygen atoms in total. The lowest BCUT2D eigenvalue weighted by molar-refractivity contribution is -0.660. The van der Waals surface area contributed by atoms with Crippen LogP contribution in [0.25, 0.3) is 38.0 Å². The van der Waals surface area contributed by atoms with Gasteiger partial charge in [-0.1, -0.05) is 31.4 Å². The highest BCUT2D eigenvalue weighted by Gasteiger charge is 2.26. The van der Waals surface area contributed by atoms with Crippen molar-refractivity contribution in [2.45, 2.75) is 51.9 Å². The van der Waals surface area contributed by atoms with Crippen LogP contribution in [0.1, 0.15) is 54.7 Å². The molecular weight excluding hydrogens is 368 g/mol. The number of nitrogens with zero attached hydrogens (tertiary/aromatic N) is 2. The van der Waals surface area contributed by atoms with E-state index in [9.17, 15) is 0 Å². The molecule has 2 heterocycles. The predicted molar refractivity (Wildman–Crippen MR) is 122 cm³/mol. The van der Waals surface area contributed by atoms with E-state index in [1.165, 1.54) is 43.2 Å². The van der Waals surface area contributed by atoms with Crippen molar-refractivity contribution in [2.75, 3.05) is 0 Å². The molecule has 0 atom stereocenters. The van der Waals surface area contributed by atoms with Gasteiger partial charge in [-0.05, 0) is 61.4 Å². The molecule has 30 heavy (non-hydrogen) atoms. The maximum atomic E-state index is 7.76. The highest BCUT2D eigenvalue weighted by atomic mass is 16.3. The second kappa shape index (κ2) is 7.29. The zero-order valence-electron chi connectivity index (χ0n) is 18.0. The van der Waals surface area contributed by atoms with Crippen LogP contribution in [0.15, 0.2) is 47.0 Å². The van der Waals surface area contributed by atoms with Gasteiger partial charge in [0.05, 0.1) is 12.1 Å². The summed E-state index contributed by atoms with van der Waals surface area (Å²) in [5.74, 6) is 0.487. The van der Waals surface area contributed by atoms with E-state index in [0.717, 1.165) is 44.4 Å². The van der Waals surface area contributed by atoms with Crippen molar-refractivity contribution in [1.82, 2.24) is 0 Å². The van der Waals surface area contributed by atoms with Gasteiger partial charge in [-0.3, -0.25) is 0 Å². The van der Waals surface area contributed by atoms with Crippen LogP contribution < -0.4 is 4.57 Å². The Kier molecular flexibility index (Phi) is 4.59. The fourth-order valence-corrected chi connectivity index (χ4v) is 5.28. The summed E-state index contributed by atoms with van der Waals surface area (Å²) in [5.41, 5.74) is 8.55. The van der Waals surface area contributed by atoms with E-state index in [2.05, 4.69) is 60.8 Å². The van der Waals surface area contributed by atoms with E-state index in [0.29, 0.717) is 5.92 Å². The molecule has 2 aromatic heterocycles. The zero-order chi connectivity index (χ0) is 20.8. The van der Waals surface area contributed by atoms with Gasteiger partial charge in [0.2, 0.25) is 5.69 Å². The van der Waals surface area contributed by atoms with Gasteiger partial charge in [0.1, 0.15) is 18.2 Å². The Morgan fingerprint density at radius 3 is 2.53 bits per heavy atom. The van der Waals surface area contributed by atoms with Gasteiger partial charge in [0, 0.05) is 22.9 Å². The number of hydrogen-bond acceptors (Lipinski definition) is 1. The first-order valence-electron chi connectivity index (χ1n) is 10.9. The quantitative estimate of drug-likeness (QED) is 0.258. The summed E-state index contributed by atoms with van der Waals surface area (Å²) in [5, 5.41) is 2.19. The highest BCUT2D eigenvalue weighted by Crippen LogP contribution is 2.46. The normalized spacial score (nSPS) is 15.0. The fourth-order valence-electron chi connectivity index (χ4n) is 5.28. The Balaban J connectivity index is 1.89. The lowest BCUT2D eigenvalue weighted by Gasteiger charge is -2.24. The third-order valence-corrected chi connectivity index (χ3v) is 6.86. The monoisotopic (exact) mass is 395 g/mol. The number of aromatic nitrogens is 1. The van der Waals surface area contributed by atoms with Crippen molar-refractivity contribution in [1.29, 1.82) is 0 Å². The molecule has 0 aliphatic heterocycles. The van der Waals surface area contributed by atoms with E-state index in [1.54, 1.807) is 0 Å². The summed E-state index contributed by atoms with van der Waals surface area (Å²) in [7, 11) is 2.07. The average molecular weight is 396 g/mol. The summed E-state index contributed by atoms with van der Waals surface area (Å²) < 4.78 is 8.87. The van der Waals surface area contributed by atoms with Crippen molar-refractivity contribution in [3.8, 4) is 11.3 Å². The summed E-state index contributed by atoms with van der Waals surface area (Å²) in [6.45, 7) is 12.0. The Hall–Kier alpha value is -3.12. The van der Waals surface area contributed by atoms with Gasteiger partial charge in [-0.2, -0.15) is 0 Å². The number of aryl methyl sites for hydroxylation is 2. The van der Waals surface area contributed by atoms with Crippen LogP contribution in [0, 0.1) is 20.4 Å². The van der Waals surface area contributed by atoms with Crippen LogP contribution in [0.3, 0.4) is 0 Å². The third-order valence-electron chi connectivity index (χ3n) is 6.86. The number of hydrogen-bond donors (Lipinski definition) is 0. The average Bonchev–Trinajstić information content (AvgIpc) is 3.12. The van der Waals surface area contributed by atoms with Crippen LogP contribution in [0.2, 0.25) is 0 Å². The maximum absolute atomic E-state index is 7.76. The molecule has 2 aromatic carbocycles. The molecule has 1 aliphatic carbocycles. The molecule has 1 saturated carbocycles. The van der Waals surface area contributed by atoms with Crippen LogP contribution in [-0.2, 0) is 7.05 Å². The number of rotatable bonds is 2. The topological polar surface area (TPSA) is 21.4 Å². The first-order chi connectivity index (χ1) is 14.6. The minimum Gasteiger partial charge on any atom is -0.455 e. The Morgan fingerprint density at radius 2 is 1.80 bits per heavy atom. The van der Waals surface area contributed by atoms with Gasteiger partial charge < -0.3 is 4.42 Å². The first kappa shape index (κ1) is 18.9. The predicted octanol–water partition coefficient (Wildman–Crippen LogP) is 7.29. The summed E-state index contributed by atoms with van der Waals surface area (Å²) in [6.07, 6.45) is 8.29. The standard InChI is InChI=1S/C27H27N2O/c1-17-13-14-20-21-16-22(28-3)18(2)25(19-10-6-5-7-11-19)27(21)30-26(20)24(17)23-12-8-9-15-29(23)4/h8-9,12-16,19H,5-7,10-11H2,1-2,4H3/q+1. The van der Waals surface area contributed by atoms with Crippen molar-refractivity contribution >= 4 is 27.6 Å². The third kappa shape index (κ3) is 2.82. The smallest absolute Gasteiger partial charge is 0.216 e. The maximum Gasteiger partial charge on any atom is 0.216 e. The summed E-state index contributed by atoms with van der Waals surface area (Å²) >= 11 is 0. The molecule has 3 heteroatoms. The number of pyridine rings is 1. The van der Waals surface area contributed by atoms with Crippen molar-refractivity contribution in [3.05, 3.63) is 70.7 Å². The highest BCUT2D eigenvalue weighted by molar-refractivity contribution is 6.12. The van der Waals surface area contributed by atoms with E-state index >= 15 is 0 Å². The van der Waals surface area contributed by atoms with E-state index < -0.39 is 0 Å². The largest absolute Gasteiger partial charge is 0.455 e. The Bertz CT molecular complexity index is 1320. The molecule has 1 aliphatic rings. The van der Waals surface area contributed by atoms with Crippen LogP contribution in [0.4, 0.5) is 5.69 Å². The fraction of sp³-hybridized carbons (Fsp3) is 0.333. The minimum absolute atomic E-state index is 0.487. The van der Waals surface area contributed by atoms with Crippen molar-refractivity contribution in [2.24, 2.45) is 7.05 Å². The number of benzene rings is 2. The Morgan fingerprint density at radius 1 is 1.00 bits per heavy atom. The van der Waals surface area contributed by atoms with Crippen LogP contribution in [-0.4, -0.2) is 0 Å². The number of fused-ring (bicyclic) bond motifs is 3. The van der Waals surface area contributed by atoms with E-state index in [1.807, 2.05) is 12.1 Å². The van der Waals surface area contributed by atoms with Gasteiger partial charge >= 0.3 is 0 Å². The molecule has 5 rings (SSSR count). The second-order valence-corrected chi connectivity index (χ2v) is 8.69. The van der Waals surface area contributed by atoms with Crippen LogP contribution in [0.5, 0.6) is 0 Å². The first-order valence-corrected chi connectivity index (χ1v) is 10.9. The number of furan rings is 1. The molecule has 0 unspecified atom stereocenters. The molecule has 150 valence electrons. The summed E-state index contributed by atoms with van der Waals surface area (Å²) in [6, 6.07) is 12.6. The molecular formula is C27H27N2O+. The minimum atomic E-state index is 0.487. The second-order valence-electron chi connectivity index (χ2n) is 8.69. The Labute approximate surface area is 177 Å². The van der Waals surface area contributed by atoms with Crippen molar-refractivity contribution in [3.63, 3.8) is 0 Å². The molecule has 4 aromatic rings. The lowest BCUT2D eigenvalue weighted by atomic mass is 9.81. The van der Waals surface area contributed by atoms with Gasteiger partial charge in [0.15, 0.2) is 11.9 Å². The molecule has 0 bridgehead atoms. The van der Waals surface area contributed by atoms with Gasteiger partial charge in [-0.15, -0.1) is 0 Å². The van der Waals surface area contributed by atoms with Gasteiger partial charge in [-0.25, -0.2) is 9.41 Å². The molecule has 0 spiro atoms.